The lowest BCUT2D eigenvalue weighted by atomic mass is 10.2. The van der Waals surface area contributed by atoms with E-state index in [4.69, 9.17) is 5.11 Å². The molecule has 0 amide bonds. The second-order valence-corrected chi connectivity index (χ2v) is 3.55. The zero-order chi connectivity index (χ0) is 11.3. The summed E-state index contributed by atoms with van der Waals surface area (Å²) in [6.45, 7) is 3.68. The molecule has 15 heavy (non-hydrogen) atoms. The molecule has 0 aromatic carbocycles. The molecule has 1 aromatic heterocycles. The van der Waals surface area contributed by atoms with Gasteiger partial charge in [0.25, 0.3) is 0 Å². The van der Waals surface area contributed by atoms with Crippen molar-refractivity contribution in [2.24, 2.45) is 0 Å². The van der Waals surface area contributed by atoms with Gasteiger partial charge in [-0.2, -0.15) is 0 Å². The third-order valence-corrected chi connectivity index (χ3v) is 2.14. The molecule has 0 saturated heterocycles. The lowest BCUT2D eigenvalue weighted by Gasteiger charge is -2.16. The quantitative estimate of drug-likeness (QED) is 0.799. The normalized spacial score (nSPS) is 10.6. The number of aromatic nitrogens is 1. The summed E-state index contributed by atoms with van der Waals surface area (Å²) < 4.78 is 0. The van der Waals surface area contributed by atoms with E-state index in [1.807, 2.05) is 13.1 Å². The average molecular weight is 208 g/mol. The maximum Gasteiger partial charge on any atom is 0.354 e. The van der Waals surface area contributed by atoms with E-state index >= 15 is 0 Å². The minimum atomic E-state index is -0.963. The lowest BCUT2D eigenvalue weighted by molar-refractivity contribution is 0.0688. The first-order chi connectivity index (χ1) is 7.15. The third-order valence-electron chi connectivity index (χ3n) is 2.14. The van der Waals surface area contributed by atoms with Crippen LogP contribution in [0.4, 0.5) is 0 Å². The molecule has 0 saturated carbocycles. The molecular formula is C11H16N2O2. The van der Waals surface area contributed by atoms with E-state index in [1.54, 1.807) is 6.07 Å². The molecule has 0 atom stereocenters. The Morgan fingerprint density at radius 2 is 2.33 bits per heavy atom. The van der Waals surface area contributed by atoms with Gasteiger partial charge in [0.05, 0.1) is 0 Å². The van der Waals surface area contributed by atoms with Crippen molar-refractivity contribution in [1.29, 1.82) is 0 Å². The van der Waals surface area contributed by atoms with Crippen molar-refractivity contribution in [1.82, 2.24) is 9.88 Å². The summed E-state index contributed by atoms with van der Waals surface area (Å²) in [5.74, 6) is -0.963. The predicted molar refractivity (Wildman–Crippen MR) is 57.8 cm³/mol. The molecule has 1 N–H and O–H groups in total. The van der Waals surface area contributed by atoms with Gasteiger partial charge in [0.1, 0.15) is 0 Å². The van der Waals surface area contributed by atoms with Crippen molar-refractivity contribution >= 4 is 5.97 Å². The molecule has 1 rings (SSSR count). The SMILES string of the molecule is CCCN(C)Cc1cccnc1C(=O)O. The summed E-state index contributed by atoms with van der Waals surface area (Å²) in [5, 5.41) is 8.93. The molecule has 0 aliphatic carbocycles. The maximum absolute atomic E-state index is 10.9. The summed E-state index contributed by atoms with van der Waals surface area (Å²) in [4.78, 5) is 16.8. The van der Waals surface area contributed by atoms with Crippen LogP contribution in [-0.4, -0.2) is 34.6 Å². The van der Waals surface area contributed by atoms with E-state index in [0.29, 0.717) is 6.54 Å². The Bertz CT molecular complexity index is 339. The molecule has 0 bridgehead atoms. The van der Waals surface area contributed by atoms with Gasteiger partial charge in [-0.3, -0.25) is 0 Å². The molecule has 0 aliphatic rings. The maximum atomic E-state index is 10.9. The van der Waals surface area contributed by atoms with Crippen LogP contribution in [0.25, 0.3) is 0 Å². The van der Waals surface area contributed by atoms with Crippen molar-refractivity contribution in [3.05, 3.63) is 29.6 Å². The molecule has 82 valence electrons. The van der Waals surface area contributed by atoms with Crippen LogP contribution < -0.4 is 0 Å². The van der Waals surface area contributed by atoms with Crippen molar-refractivity contribution in [3.8, 4) is 0 Å². The van der Waals surface area contributed by atoms with Crippen LogP contribution in [-0.2, 0) is 6.54 Å². The van der Waals surface area contributed by atoms with Crippen LogP contribution in [0.15, 0.2) is 18.3 Å². The molecule has 4 heteroatoms. The molecule has 1 aromatic rings. The van der Waals surface area contributed by atoms with Gasteiger partial charge >= 0.3 is 5.97 Å². The smallest absolute Gasteiger partial charge is 0.354 e. The number of pyridine rings is 1. The van der Waals surface area contributed by atoms with Gasteiger partial charge in [-0.05, 0) is 31.6 Å². The molecule has 4 nitrogen and oxygen atoms in total. The minimum absolute atomic E-state index is 0.153. The highest BCUT2D eigenvalue weighted by molar-refractivity contribution is 5.86. The van der Waals surface area contributed by atoms with Crippen molar-refractivity contribution < 1.29 is 9.90 Å². The Balaban J connectivity index is 2.79. The van der Waals surface area contributed by atoms with Gasteiger partial charge < -0.3 is 10.0 Å². The first-order valence-electron chi connectivity index (χ1n) is 5.01. The van der Waals surface area contributed by atoms with Crippen LogP contribution in [0.3, 0.4) is 0 Å². The van der Waals surface area contributed by atoms with Gasteiger partial charge in [-0.1, -0.05) is 13.0 Å². The Morgan fingerprint density at radius 3 is 2.93 bits per heavy atom. The number of rotatable bonds is 5. The van der Waals surface area contributed by atoms with Crippen molar-refractivity contribution in [3.63, 3.8) is 0 Å². The van der Waals surface area contributed by atoms with Gasteiger partial charge in [-0.15, -0.1) is 0 Å². The van der Waals surface area contributed by atoms with E-state index in [0.717, 1.165) is 18.5 Å². The molecule has 1 heterocycles. The van der Waals surface area contributed by atoms with E-state index in [9.17, 15) is 4.79 Å². The molecule has 0 fully saturated rings. The van der Waals surface area contributed by atoms with Gasteiger partial charge in [0, 0.05) is 12.7 Å². The first-order valence-corrected chi connectivity index (χ1v) is 5.01. The van der Waals surface area contributed by atoms with Crippen LogP contribution in [0.2, 0.25) is 0 Å². The second-order valence-electron chi connectivity index (χ2n) is 3.55. The molecule has 0 aliphatic heterocycles. The number of aromatic carboxylic acids is 1. The van der Waals surface area contributed by atoms with Crippen LogP contribution in [0, 0.1) is 0 Å². The van der Waals surface area contributed by atoms with Crippen LogP contribution in [0.1, 0.15) is 29.4 Å². The zero-order valence-electron chi connectivity index (χ0n) is 9.10. The van der Waals surface area contributed by atoms with E-state index in [2.05, 4.69) is 16.8 Å². The predicted octanol–water partition coefficient (Wildman–Crippen LogP) is 1.62. The molecule has 0 unspecified atom stereocenters. The summed E-state index contributed by atoms with van der Waals surface area (Å²) in [6, 6.07) is 3.57. The fourth-order valence-corrected chi connectivity index (χ4v) is 1.51. The highest BCUT2D eigenvalue weighted by Crippen LogP contribution is 2.08. The van der Waals surface area contributed by atoms with Crippen molar-refractivity contribution in [2.45, 2.75) is 19.9 Å². The number of carboxylic acid groups (broad SMARTS) is 1. The van der Waals surface area contributed by atoms with Crippen molar-refractivity contribution in [2.75, 3.05) is 13.6 Å². The topological polar surface area (TPSA) is 53.4 Å². The highest BCUT2D eigenvalue weighted by atomic mass is 16.4. The standard InChI is InChI=1S/C11H16N2O2/c1-3-7-13(2)8-9-5-4-6-12-10(9)11(14)15/h4-6H,3,7-8H2,1-2H3,(H,14,15). The lowest BCUT2D eigenvalue weighted by Crippen LogP contribution is -2.20. The minimum Gasteiger partial charge on any atom is -0.477 e. The Morgan fingerprint density at radius 1 is 1.60 bits per heavy atom. The van der Waals surface area contributed by atoms with Gasteiger partial charge in [0.15, 0.2) is 5.69 Å². The zero-order valence-corrected chi connectivity index (χ0v) is 9.10. The number of hydrogen-bond acceptors (Lipinski definition) is 3. The number of hydrogen-bond donors (Lipinski definition) is 1. The summed E-state index contributed by atoms with van der Waals surface area (Å²) in [7, 11) is 1.97. The molecule has 0 spiro atoms. The largest absolute Gasteiger partial charge is 0.477 e. The van der Waals surface area contributed by atoms with Crippen LogP contribution >= 0.6 is 0 Å². The van der Waals surface area contributed by atoms with Gasteiger partial charge in [-0.25, -0.2) is 9.78 Å². The average Bonchev–Trinajstić information content (AvgIpc) is 2.18. The second kappa shape index (κ2) is 5.46. The van der Waals surface area contributed by atoms with Gasteiger partial charge in [0.2, 0.25) is 0 Å². The number of carboxylic acids is 1. The number of carbonyl (C=O) groups is 1. The monoisotopic (exact) mass is 208 g/mol. The summed E-state index contributed by atoms with van der Waals surface area (Å²) >= 11 is 0. The Kier molecular flexibility index (Phi) is 4.24. The summed E-state index contributed by atoms with van der Waals surface area (Å²) in [6.07, 6.45) is 2.56. The fraction of sp³-hybridized carbons (Fsp3) is 0.455. The van der Waals surface area contributed by atoms with E-state index < -0.39 is 5.97 Å². The molecule has 0 radical (unpaired) electrons. The van der Waals surface area contributed by atoms with E-state index in [1.165, 1.54) is 6.20 Å². The Labute approximate surface area is 89.6 Å². The highest BCUT2D eigenvalue weighted by Gasteiger charge is 2.11. The Hall–Kier alpha value is -1.42. The van der Waals surface area contributed by atoms with Crippen LogP contribution in [0.5, 0.6) is 0 Å². The number of nitrogens with zero attached hydrogens (tertiary/aromatic N) is 2. The third kappa shape index (κ3) is 3.32. The summed E-state index contributed by atoms with van der Waals surface area (Å²) in [5.41, 5.74) is 0.918. The fourth-order valence-electron chi connectivity index (χ4n) is 1.51. The van der Waals surface area contributed by atoms with E-state index in [-0.39, 0.29) is 5.69 Å². The first kappa shape index (κ1) is 11.7. The molecular weight excluding hydrogens is 192 g/mol.